The Morgan fingerprint density at radius 1 is 1.41 bits per heavy atom. The average molecular weight is 241 g/mol. The molecule has 0 saturated carbocycles. The van der Waals surface area contributed by atoms with E-state index in [1.54, 1.807) is 12.1 Å². The first kappa shape index (κ1) is 12.5. The number of ether oxygens (including phenoxy) is 1. The van der Waals surface area contributed by atoms with Crippen molar-refractivity contribution in [3.05, 3.63) is 35.4 Å². The van der Waals surface area contributed by atoms with Crippen LogP contribution in [0.1, 0.15) is 24.0 Å². The van der Waals surface area contributed by atoms with E-state index in [4.69, 9.17) is 4.74 Å². The average Bonchev–Trinajstić information content (AvgIpc) is 2.82. The van der Waals surface area contributed by atoms with E-state index in [1.165, 1.54) is 6.07 Å². The maximum atomic E-state index is 12.5. The van der Waals surface area contributed by atoms with Gasteiger partial charge in [0.1, 0.15) is 0 Å². The van der Waals surface area contributed by atoms with Gasteiger partial charge in [-0.25, -0.2) is 8.78 Å². The molecule has 94 valence electrons. The number of hydrogen-bond acceptors (Lipinski definition) is 2. The number of alkyl halides is 2. The fourth-order valence-electron chi connectivity index (χ4n) is 2.00. The second-order valence-corrected chi connectivity index (χ2v) is 4.41. The summed E-state index contributed by atoms with van der Waals surface area (Å²) in [7, 11) is 0. The predicted octanol–water partition coefficient (Wildman–Crippen LogP) is 2.75. The molecule has 1 atom stereocenters. The summed E-state index contributed by atoms with van der Waals surface area (Å²) in [6.07, 6.45) is -1.30. The normalized spacial score (nSPS) is 20.1. The van der Waals surface area contributed by atoms with Crippen LogP contribution in [0.15, 0.2) is 24.3 Å². The zero-order chi connectivity index (χ0) is 12.1. The first-order chi connectivity index (χ1) is 8.25. The Labute approximate surface area is 100.0 Å². The van der Waals surface area contributed by atoms with Gasteiger partial charge >= 0.3 is 0 Å². The van der Waals surface area contributed by atoms with Crippen molar-refractivity contribution in [2.24, 2.45) is 5.92 Å². The predicted molar refractivity (Wildman–Crippen MR) is 62.0 cm³/mol. The number of hydrogen-bond donors (Lipinski definition) is 1. The SMILES string of the molecule is FC(F)c1cccc(CNCC2CCOC2)c1. The summed E-state index contributed by atoms with van der Waals surface area (Å²) in [5.41, 5.74) is 0.996. The highest BCUT2D eigenvalue weighted by Gasteiger charge is 2.14. The summed E-state index contributed by atoms with van der Waals surface area (Å²) >= 11 is 0. The van der Waals surface area contributed by atoms with E-state index >= 15 is 0 Å². The minimum absolute atomic E-state index is 0.0912. The van der Waals surface area contributed by atoms with Crippen molar-refractivity contribution >= 4 is 0 Å². The van der Waals surface area contributed by atoms with Crippen molar-refractivity contribution < 1.29 is 13.5 Å². The second kappa shape index (κ2) is 6.07. The van der Waals surface area contributed by atoms with Gasteiger partial charge in [-0.05, 0) is 24.0 Å². The quantitative estimate of drug-likeness (QED) is 0.855. The van der Waals surface area contributed by atoms with Crippen molar-refractivity contribution in [1.82, 2.24) is 5.32 Å². The fraction of sp³-hybridized carbons (Fsp3) is 0.538. The highest BCUT2D eigenvalue weighted by Crippen LogP contribution is 2.19. The Bertz CT molecular complexity index is 351. The molecule has 0 radical (unpaired) electrons. The van der Waals surface area contributed by atoms with E-state index in [9.17, 15) is 8.78 Å². The monoisotopic (exact) mass is 241 g/mol. The van der Waals surface area contributed by atoms with Crippen LogP contribution in [-0.2, 0) is 11.3 Å². The van der Waals surface area contributed by atoms with Gasteiger partial charge in [0.25, 0.3) is 6.43 Å². The molecular formula is C13H17F2NO. The molecule has 0 spiro atoms. The van der Waals surface area contributed by atoms with Crippen molar-refractivity contribution in [2.45, 2.75) is 19.4 Å². The third-order valence-corrected chi connectivity index (χ3v) is 2.99. The van der Waals surface area contributed by atoms with Gasteiger partial charge in [-0.3, -0.25) is 0 Å². The highest BCUT2D eigenvalue weighted by atomic mass is 19.3. The van der Waals surface area contributed by atoms with Crippen LogP contribution in [-0.4, -0.2) is 19.8 Å². The van der Waals surface area contributed by atoms with Crippen molar-refractivity contribution in [3.63, 3.8) is 0 Å². The van der Waals surface area contributed by atoms with Gasteiger partial charge < -0.3 is 10.1 Å². The van der Waals surface area contributed by atoms with E-state index in [2.05, 4.69) is 5.32 Å². The zero-order valence-corrected chi connectivity index (χ0v) is 9.66. The van der Waals surface area contributed by atoms with Crippen molar-refractivity contribution in [2.75, 3.05) is 19.8 Å². The minimum Gasteiger partial charge on any atom is -0.381 e. The summed E-state index contributed by atoms with van der Waals surface area (Å²) in [5.74, 6) is 0.563. The smallest absolute Gasteiger partial charge is 0.263 e. The van der Waals surface area contributed by atoms with Crippen LogP contribution in [0.25, 0.3) is 0 Å². The zero-order valence-electron chi connectivity index (χ0n) is 9.66. The summed E-state index contributed by atoms with van der Waals surface area (Å²) in [6.45, 7) is 3.17. The van der Waals surface area contributed by atoms with E-state index in [1.807, 2.05) is 6.07 Å². The van der Waals surface area contributed by atoms with Gasteiger partial charge in [-0.2, -0.15) is 0 Å². The van der Waals surface area contributed by atoms with Gasteiger partial charge in [0.05, 0.1) is 6.61 Å². The summed E-state index contributed by atoms with van der Waals surface area (Å²) in [6, 6.07) is 6.56. The van der Waals surface area contributed by atoms with Gasteiger partial charge in [-0.15, -0.1) is 0 Å². The van der Waals surface area contributed by atoms with Gasteiger partial charge in [-0.1, -0.05) is 18.2 Å². The first-order valence-electron chi connectivity index (χ1n) is 5.91. The molecule has 0 bridgehead atoms. The molecule has 1 aliphatic heterocycles. The second-order valence-electron chi connectivity index (χ2n) is 4.41. The Morgan fingerprint density at radius 3 is 3.00 bits per heavy atom. The molecule has 0 amide bonds. The van der Waals surface area contributed by atoms with E-state index in [0.717, 1.165) is 31.7 Å². The molecule has 0 aromatic heterocycles. The van der Waals surface area contributed by atoms with Crippen LogP contribution in [0.2, 0.25) is 0 Å². The van der Waals surface area contributed by atoms with Crippen LogP contribution < -0.4 is 5.32 Å². The Kier molecular flexibility index (Phi) is 4.45. The lowest BCUT2D eigenvalue weighted by Gasteiger charge is -2.10. The number of rotatable bonds is 5. The van der Waals surface area contributed by atoms with Crippen LogP contribution in [0.5, 0.6) is 0 Å². The van der Waals surface area contributed by atoms with Crippen molar-refractivity contribution in [3.8, 4) is 0 Å². The fourth-order valence-corrected chi connectivity index (χ4v) is 2.00. The molecule has 17 heavy (non-hydrogen) atoms. The maximum Gasteiger partial charge on any atom is 0.263 e. The molecule has 2 rings (SSSR count). The molecule has 1 N–H and O–H groups in total. The molecule has 1 aromatic rings. The molecule has 0 aliphatic carbocycles. The van der Waals surface area contributed by atoms with Gasteiger partial charge in [0.2, 0.25) is 0 Å². The summed E-state index contributed by atoms with van der Waals surface area (Å²) < 4.78 is 30.2. The lowest BCUT2D eigenvalue weighted by molar-refractivity contribution is 0.151. The summed E-state index contributed by atoms with van der Waals surface area (Å²) in [5, 5.41) is 3.28. The Morgan fingerprint density at radius 2 is 2.29 bits per heavy atom. The first-order valence-corrected chi connectivity index (χ1v) is 5.91. The van der Waals surface area contributed by atoms with Gasteiger partial charge in [0.15, 0.2) is 0 Å². The molecule has 1 fully saturated rings. The van der Waals surface area contributed by atoms with E-state index in [-0.39, 0.29) is 5.56 Å². The van der Waals surface area contributed by atoms with E-state index in [0.29, 0.717) is 12.5 Å². The largest absolute Gasteiger partial charge is 0.381 e. The molecular weight excluding hydrogens is 224 g/mol. The molecule has 1 aliphatic rings. The molecule has 2 nitrogen and oxygen atoms in total. The van der Waals surface area contributed by atoms with Crippen molar-refractivity contribution in [1.29, 1.82) is 0 Å². The van der Waals surface area contributed by atoms with Crippen LogP contribution >= 0.6 is 0 Å². The number of nitrogens with one attached hydrogen (secondary N) is 1. The van der Waals surface area contributed by atoms with Gasteiger partial charge in [0, 0.05) is 25.3 Å². The molecule has 1 aromatic carbocycles. The third-order valence-electron chi connectivity index (χ3n) is 2.99. The highest BCUT2D eigenvalue weighted by molar-refractivity contribution is 5.24. The van der Waals surface area contributed by atoms with Crippen LogP contribution in [0.4, 0.5) is 8.78 Å². The molecule has 1 unspecified atom stereocenters. The Hall–Kier alpha value is -1.00. The summed E-state index contributed by atoms with van der Waals surface area (Å²) in [4.78, 5) is 0. The molecule has 1 heterocycles. The minimum atomic E-state index is -2.39. The topological polar surface area (TPSA) is 21.3 Å². The standard InChI is InChI=1S/C13H17F2NO/c14-13(15)12-3-1-2-10(6-12)7-16-8-11-4-5-17-9-11/h1-3,6,11,13,16H,4-5,7-9H2. The maximum absolute atomic E-state index is 12.5. The lowest BCUT2D eigenvalue weighted by atomic mass is 10.1. The lowest BCUT2D eigenvalue weighted by Crippen LogP contribution is -2.22. The number of halogens is 2. The van der Waals surface area contributed by atoms with Crippen LogP contribution in [0, 0.1) is 5.92 Å². The molecule has 4 heteroatoms. The van der Waals surface area contributed by atoms with E-state index < -0.39 is 6.43 Å². The number of benzene rings is 1. The third kappa shape index (κ3) is 3.75. The Balaban J connectivity index is 1.79. The molecule has 1 saturated heterocycles. The van der Waals surface area contributed by atoms with Crippen LogP contribution in [0.3, 0.4) is 0 Å².